The van der Waals surface area contributed by atoms with Crippen molar-refractivity contribution >= 4 is 39.4 Å². The number of nitrogens with two attached hydrogens (primary N) is 2. The number of hydrogen-bond acceptors (Lipinski definition) is 10. The van der Waals surface area contributed by atoms with E-state index in [0.29, 0.717) is 44.7 Å². The number of benzene rings is 2. The monoisotopic (exact) mass is 654 g/mol. The molecule has 0 bridgehead atoms. The molecule has 1 spiro atoms. The predicted octanol–water partition coefficient (Wildman–Crippen LogP) is 3.83. The van der Waals surface area contributed by atoms with Crippen molar-refractivity contribution in [3.05, 3.63) is 59.1 Å². The molecule has 16 heteroatoms. The third-order valence-corrected chi connectivity index (χ3v) is 9.15. The Balaban J connectivity index is 1.42. The van der Waals surface area contributed by atoms with Crippen molar-refractivity contribution in [3.63, 3.8) is 0 Å². The van der Waals surface area contributed by atoms with E-state index in [4.69, 9.17) is 31.9 Å². The molecule has 11 nitrogen and oxygen atoms in total. The minimum Gasteiger partial charge on any atom is -0.468 e. The highest BCUT2D eigenvalue weighted by Gasteiger charge is 2.46. The molecule has 0 saturated carbocycles. The van der Waals surface area contributed by atoms with Gasteiger partial charge >= 0.3 is 12.1 Å². The van der Waals surface area contributed by atoms with E-state index in [1.165, 1.54) is 43.5 Å². The van der Waals surface area contributed by atoms with Gasteiger partial charge in [-0.15, -0.1) is 0 Å². The largest absolute Gasteiger partial charge is 0.468 e. The predicted molar refractivity (Wildman–Crippen MR) is 156 cm³/mol. The van der Waals surface area contributed by atoms with Crippen molar-refractivity contribution in [1.82, 2.24) is 15.3 Å². The zero-order valence-electron chi connectivity index (χ0n) is 23.5. The summed E-state index contributed by atoms with van der Waals surface area (Å²) in [4.78, 5) is 21.7. The van der Waals surface area contributed by atoms with E-state index in [0.717, 1.165) is 12.1 Å². The Hall–Kier alpha value is -3.66. The number of carbonyl (C=O) groups is 1. The summed E-state index contributed by atoms with van der Waals surface area (Å²) in [5.41, 5.74) is 5.59. The number of piperidine rings is 1. The van der Waals surface area contributed by atoms with Gasteiger partial charge in [-0.05, 0) is 60.1 Å². The second-order valence-electron chi connectivity index (χ2n) is 10.9. The van der Waals surface area contributed by atoms with Crippen LogP contribution in [0.1, 0.15) is 30.9 Å². The van der Waals surface area contributed by atoms with Crippen LogP contribution in [-0.2, 0) is 19.6 Å². The highest BCUT2D eigenvalue weighted by Crippen LogP contribution is 2.43. The summed E-state index contributed by atoms with van der Waals surface area (Å²) in [6, 6.07) is 9.84. The summed E-state index contributed by atoms with van der Waals surface area (Å²) < 4.78 is 78.0. The van der Waals surface area contributed by atoms with Crippen LogP contribution in [0.4, 0.5) is 24.9 Å². The number of primary sulfonamides is 1. The molecule has 2 aliphatic rings. The molecule has 5 rings (SSSR count). The van der Waals surface area contributed by atoms with Crippen LogP contribution in [-0.4, -0.2) is 63.3 Å². The average Bonchev–Trinajstić information content (AvgIpc) is 3.38. The number of methoxy groups -OCH3 is 1. The van der Waals surface area contributed by atoms with Gasteiger partial charge in [-0.2, -0.15) is 23.1 Å². The Morgan fingerprint density at radius 3 is 2.55 bits per heavy atom. The zero-order valence-corrected chi connectivity index (χ0v) is 25.0. The highest BCUT2D eigenvalue weighted by molar-refractivity contribution is 7.89. The first-order valence-electron chi connectivity index (χ1n) is 13.5. The molecule has 2 saturated heterocycles. The van der Waals surface area contributed by atoms with Crippen molar-refractivity contribution in [2.45, 2.75) is 42.5 Å². The summed E-state index contributed by atoms with van der Waals surface area (Å²) in [6.07, 6.45) is -5.40. The maximum atomic E-state index is 14.6. The Morgan fingerprint density at radius 2 is 1.89 bits per heavy atom. The molecule has 3 heterocycles. The molecule has 236 valence electrons. The van der Waals surface area contributed by atoms with Crippen LogP contribution in [0.25, 0.3) is 11.1 Å². The van der Waals surface area contributed by atoms with E-state index in [-0.39, 0.29) is 50.0 Å². The lowest BCUT2D eigenvalue weighted by Gasteiger charge is -2.39. The van der Waals surface area contributed by atoms with Crippen LogP contribution in [0.5, 0.6) is 5.88 Å². The molecule has 2 atom stereocenters. The van der Waals surface area contributed by atoms with Gasteiger partial charge in [-0.25, -0.2) is 13.6 Å². The number of rotatable bonds is 7. The Labute approximate surface area is 256 Å². The molecular weight excluding hydrogens is 625 g/mol. The van der Waals surface area contributed by atoms with Crippen LogP contribution >= 0.6 is 11.6 Å². The van der Waals surface area contributed by atoms with Gasteiger partial charge < -0.3 is 25.4 Å². The molecule has 2 fully saturated rings. The van der Waals surface area contributed by atoms with Gasteiger partial charge in [0.2, 0.25) is 28.0 Å². The Bertz CT molecular complexity index is 1670. The van der Waals surface area contributed by atoms with Gasteiger partial charge in [0.05, 0.1) is 12.0 Å². The molecule has 0 radical (unpaired) electrons. The van der Waals surface area contributed by atoms with Crippen molar-refractivity contribution in [3.8, 4) is 17.0 Å². The van der Waals surface area contributed by atoms with Gasteiger partial charge in [-0.1, -0.05) is 29.8 Å². The number of nitrogens with one attached hydrogen (secondary N) is 1. The van der Waals surface area contributed by atoms with Crippen LogP contribution in [0, 0.1) is 5.41 Å². The van der Waals surface area contributed by atoms with E-state index in [1.54, 1.807) is 0 Å². The average molecular weight is 655 g/mol. The molecule has 2 aliphatic heterocycles. The van der Waals surface area contributed by atoms with Crippen molar-refractivity contribution in [2.75, 3.05) is 37.4 Å². The molecule has 44 heavy (non-hydrogen) atoms. The number of nitrogen functional groups attached to an aromatic ring is 1. The topological polar surface area (TPSA) is 163 Å². The normalized spacial score (nSPS) is 19.1. The first-order chi connectivity index (χ1) is 20.7. The summed E-state index contributed by atoms with van der Waals surface area (Å²) in [7, 11) is -2.79. The SMILES string of the molecule is COC(=O)[C@@H]1CC2(CCN(c3cc(OC(c4ccc(Cl)cc4-c4cccc(S(N)(=O)=O)c4)C(F)(F)F)nc(N)n3)CC2)CN1. The fraction of sp³-hybridized carbons (Fsp3) is 0.393. The minimum absolute atomic E-state index is 0.00987. The van der Waals surface area contributed by atoms with E-state index < -0.39 is 28.2 Å². The lowest BCUT2D eigenvalue weighted by atomic mass is 9.76. The van der Waals surface area contributed by atoms with Crippen molar-refractivity contribution in [1.29, 1.82) is 0 Å². The van der Waals surface area contributed by atoms with E-state index >= 15 is 0 Å². The number of sulfonamides is 1. The third kappa shape index (κ3) is 6.85. The van der Waals surface area contributed by atoms with E-state index in [9.17, 15) is 26.4 Å². The van der Waals surface area contributed by atoms with Gasteiger partial charge in [0.15, 0.2) is 0 Å². The first kappa shape index (κ1) is 31.8. The number of carbonyl (C=O) groups excluding carboxylic acids is 1. The Morgan fingerprint density at radius 1 is 1.16 bits per heavy atom. The molecule has 0 amide bonds. The van der Waals surface area contributed by atoms with Crippen LogP contribution in [0.2, 0.25) is 5.02 Å². The van der Waals surface area contributed by atoms with E-state index in [1.807, 2.05) is 4.90 Å². The summed E-state index contributed by atoms with van der Waals surface area (Å²) >= 11 is 6.14. The summed E-state index contributed by atoms with van der Waals surface area (Å²) in [6.45, 7) is 1.70. The number of alkyl halides is 3. The molecule has 2 aromatic carbocycles. The molecule has 0 aliphatic carbocycles. The number of hydrogen-bond donors (Lipinski definition) is 3. The molecule has 1 aromatic heterocycles. The number of esters is 1. The maximum absolute atomic E-state index is 14.6. The van der Waals surface area contributed by atoms with Crippen molar-refractivity contribution < 1.29 is 35.9 Å². The van der Waals surface area contributed by atoms with Gasteiger partial charge in [0.25, 0.3) is 0 Å². The van der Waals surface area contributed by atoms with Gasteiger partial charge in [0, 0.05) is 36.3 Å². The lowest BCUT2D eigenvalue weighted by molar-refractivity contribution is -0.198. The fourth-order valence-corrected chi connectivity index (χ4v) is 6.48. The lowest BCUT2D eigenvalue weighted by Crippen LogP contribution is -2.41. The van der Waals surface area contributed by atoms with Gasteiger partial charge in [-0.3, -0.25) is 4.79 Å². The molecule has 1 unspecified atom stereocenters. The summed E-state index contributed by atoms with van der Waals surface area (Å²) in [5, 5.41) is 8.58. The maximum Gasteiger partial charge on any atom is 0.429 e. The highest BCUT2D eigenvalue weighted by atomic mass is 35.5. The zero-order chi connectivity index (χ0) is 31.9. The second-order valence-corrected chi connectivity index (χ2v) is 12.9. The fourth-order valence-electron chi connectivity index (χ4n) is 5.74. The smallest absolute Gasteiger partial charge is 0.429 e. The van der Waals surface area contributed by atoms with Gasteiger partial charge in [0.1, 0.15) is 11.9 Å². The van der Waals surface area contributed by atoms with Crippen LogP contribution < -0.4 is 25.8 Å². The van der Waals surface area contributed by atoms with Crippen molar-refractivity contribution in [2.24, 2.45) is 10.6 Å². The Kier molecular flexibility index (Phi) is 8.68. The number of aromatic nitrogens is 2. The van der Waals surface area contributed by atoms with Crippen LogP contribution in [0.3, 0.4) is 0 Å². The van der Waals surface area contributed by atoms with Crippen LogP contribution in [0.15, 0.2) is 53.4 Å². The van der Waals surface area contributed by atoms with E-state index in [2.05, 4.69) is 15.3 Å². The quantitative estimate of drug-likeness (QED) is 0.319. The molecule has 3 aromatic rings. The summed E-state index contributed by atoms with van der Waals surface area (Å²) in [5.74, 6) is -0.683. The standard InChI is InChI=1S/C28H30ClF3N6O5S/c1-42-25(39)21-14-27(15-35-21)7-9-38(10-8-27)22-13-23(37-26(33)36-22)43-24(28(30,31)32)19-6-5-17(29)12-20(19)16-3-2-4-18(11-16)44(34,40)41/h2-6,11-13,21,24,35H,7-10,14-15H2,1H3,(H2,33,36,37)(H2,34,40,41)/t21-,24?/m0/s1. The number of halogens is 4. The number of anilines is 2. The molecular formula is C28H30ClF3N6O5S. The number of nitrogens with zero attached hydrogens (tertiary/aromatic N) is 3. The number of ether oxygens (including phenoxy) is 2. The third-order valence-electron chi connectivity index (χ3n) is 8.01. The second kappa shape index (κ2) is 12.0. The molecule has 5 N–H and O–H groups in total. The minimum atomic E-state index is -4.93. The first-order valence-corrected chi connectivity index (χ1v) is 15.5.